The van der Waals surface area contributed by atoms with Gasteiger partial charge >= 0.3 is 0 Å². The molecule has 0 saturated carbocycles. The molecule has 0 spiro atoms. The number of amides is 1. The lowest BCUT2D eigenvalue weighted by molar-refractivity contribution is 0.0918. The third kappa shape index (κ3) is 3.95. The number of benzene rings is 1. The Morgan fingerprint density at radius 3 is 2.40 bits per heavy atom. The van der Waals surface area contributed by atoms with Crippen LogP contribution >= 0.6 is 31.9 Å². The number of hydrogen-bond donors (Lipinski definition) is 1. The van der Waals surface area contributed by atoms with Gasteiger partial charge in [-0.3, -0.25) is 4.79 Å². The van der Waals surface area contributed by atoms with E-state index in [4.69, 9.17) is 0 Å². The van der Waals surface area contributed by atoms with Crippen LogP contribution in [-0.2, 0) is 0 Å². The molecule has 2 nitrogen and oxygen atoms in total. The van der Waals surface area contributed by atoms with E-state index in [2.05, 4.69) is 37.2 Å². The lowest BCUT2D eigenvalue weighted by atomic mass is 10.1. The molecule has 4 heteroatoms. The predicted octanol–water partition coefficient (Wildman–Crippen LogP) is 3.74. The molecule has 1 aromatic carbocycles. The van der Waals surface area contributed by atoms with Crippen molar-refractivity contribution in [2.45, 2.75) is 26.3 Å². The van der Waals surface area contributed by atoms with Crippen molar-refractivity contribution in [3.63, 3.8) is 0 Å². The molecule has 0 aromatic heterocycles. The molecule has 0 saturated heterocycles. The van der Waals surface area contributed by atoms with Gasteiger partial charge in [-0.2, -0.15) is 0 Å². The highest BCUT2D eigenvalue weighted by molar-refractivity contribution is 9.11. The molecule has 82 valence electrons. The van der Waals surface area contributed by atoms with Gasteiger partial charge in [0.15, 0.2) is 0 Å². The van der Waals surface area contributed by atoms with Gasteiger partial charge in [0.25, 0.3) is 5.91 Å². The van der Waals surface area contributed by atoms with E-state index in [1.807, 2.05) is 32.9 Å². The van der Waals surface area contributed by atoms with Crippen LogP contribution in [0, 0.1) is 0 Å². The molecule has 0 heterocycles. The average Bonchev–Trinajstić information content (AvgIpc) is 2.06. The largest absolute Gasteiger partial charge is 0.347 e. The summed E-state index contributed by atoms with van der Waals surface area (Å²) in [5.74, 6) is -0.0734. The smallest absolute Gasteiger partial charge is 0.252 e. The summed E-state index contributed by atoms with van der Waals surface area (Å²) in [7, 11) is 0. The van der Waals surface area contributed by atoms with Gasteiger partial charge in [-0.05, 0) is 54.9 Å². The number of halogens is 2. The first-order valence-electron chi connectivity index (χ1n) is 4.57. The Hall–Kier alpha value is -0.350. The van der Waals surface area contributed by atoms with Crippen molar-refractivity contribution < 1.29 is 4.79 Å². The Labute approximate surface area is 107 Å². The normalized spacial score (nSPS) is 11.3. The first-order valence-corrected chi connectivity index (χ1v) is 6.16. The minimum absolute atomic E-state index is 0.0734. The highest BCUT2D eigenvalue weighted by Crippen LogP contribution is 2.21. The second-order valence-electron chi connectivity index (χ2n) is 4.33. The number of rotatable bonds is 1. The fourth-order valence-electron chi connectivity index (χ4n) is 1.08. The van der Waals surface area contributed by atoms with Gasteiger partial charge in [0.1, 0.15) is 0 Å². The molecular formula is C11H13Br2NO. The maximum absolute atomic E-state index is 11.9. The first-order chi connectivity index (χ1) is 6.79. The van der Waals surface area contributed by atoms with Crippen LogP contribution in [0.25, 0.3) is 0 Å². The molecule has 1 N–H and O–H groups in total. The lowest BCUT2D eigenvalue weighted by Crippen LogP contribution is -2.40. The molecule has 1 amide bonds. The highest BCUT2D eigenvalue weighted by atomic mass is 79.9. The molecule has 0 aliphatic heterocycles. The average molecular weight is 335 g/mol. The summed E-state index contributed by atoms with van der Waals surface area (Å²) >= 11 is 6.70. The van der Waals surface area contributed by atoms with Crippen LogP contribution in [0.5, 0.6) is 0 Å². The minimum atomic E-state index is -0.223. The molecule has 0 fully saturated rings. The zero-order chi connectivity index (χ0) is 11.6. The van der Waals surface area contributed by atoms with Gasteiger partial charge in [0.05, 0.1) is 5.56 Å². The van der Waals surface area contributed by atoms with Gasteiger partial charge < -0.3 is 5.32 Å². The Balaban J connectivity index is 2.96. The lowest BCUT2D eigenvalue weighted by Gasteiger charge is -2.21. The van der Waals surface area contributed by atoms with Crippen LogP contribution in [-0.4, -0.2) is 11.4 Å². The summed E-state index contributed by atoms with van der Waals surface area (Å²) in [5.41, 5.74) is 0.415. The van der Waals surface area contributed by atoms with Gasteiger partial charge in [0.2, 0.25) is 0 Å². The van der Waals surface area contributed by atoms with Crippen LogP contribution in [0.15, 0.2) is 27.1 Å². The first kappa shape index (κ1) is 12.7. The van der Waals surface area contributed by atoms with Gasteiger partial charge in [-0.1, -0.05) is 15.9 Å². The van der Waals surface area contributed by atoms with Gasteiger partial charge in [-0.15, -0.1) is 0 Å². The molecule has 0 aliphatic rings. The van der Waals surface area contributed by atoms with Crippen LogP contribution in [0.3, 0.4) is 0 Å². The summed E-state index contributed by atoms with van der Waals surface area (Å²) < 4.78 is 1.69. The summed E-state index contributed by atoms with van der Waals surface area (Å²) in [6.07, 6.45) is 0. The maximum Gasteiger partial charge on any atom is 0.252 e. The molecular weight excluding hydrogens is 322 g/mol. The number of carbonyl (C=O) groups excluding carboxylic acids is 1. The molecule has 0 bridgehead atoms. The topological polar surface area (TPSA) is 29.1 Å². The Kier molecular flexibility index (Phi) is 3.95. The summed E-state index contributed by atoms with van der Waals surface area (Å²) in [6, 6.07) is 5.53. The Morgan fingerprint density at radius 1 is 1.27 bits per heavy atom. The minimum Gasteiger partial charge on any atom is -0.347 e. The monoisotopic (exact) mass is 333 g/mol. The van der Waals surface area contributed by atoms with Gasteiger partial charge in [-0.25, -0.2) is 0 Å². The van der Waals surface area contributed by atoms with Crippen molar-refractivity contribution in [2.24, 2.45) is 0 Å². The molecule has 1 aromatic rings. The van der Waals surface area contributed by atoms with E-state index in [1.165, 1.54) is 0 Å². The Morgan fingerprint density at radius 2 is 1.87 bits per heavy atom. The second-order valence-corrected chi connectivity index (χ2v) is 6.10. The highest BCUT2D eigenvalue weighted by Gasteiger charge is 2.17. The van der Waals surface area contributed by atoms with Crippen LogP contribution in [0.4, 0.5) is 0 Å². The molecule has 0 aliphatic carbocycles. The van der Waals surface area contributed by atoms with E-state index < -0.39 is 0 Å². The van der Waals surface area contributed by atoms with E-state index >= 15 is 0 Å². The summed E-state index contributed by atoms with van der Waals surface area (Å²) in [4.78, 5) is 11.9. The number of nitrogens with one attached hydrogen (secondary N) is 1. The molecule has 15 heavy (non-hydrogen) atoms. The standard InChI is InChI=1S/C11H13Br2NO/c1-11(2,3)14-10(15)8-6-7(12)4-5-9(8)13/h4-6H,1-3H3,(H,14,15). The Bertz CT molecular complexity index is 383. The zero-order valence-electron chi connectivity index (χ0n) is 8.90. The third-order valence-electron chi connectivity index (χ3n) is 1.66. The van der Waals surface area contributed by atoms with E-state index in [1.54, 1.807) is 6.07 Å². The SMILES string of the molecule is CC(C)(C)NC(=O)c1cc(Br)ccc1Br. The van der Waals surface area contributed by atoms with Crippen molar-refractivity contribution >= 4 is 37.8 Å². The van der Waals surface area contributed by atoms with Crippen molar-refractivity contribution in [2.75, 3.05) is 0 Å². The van der Waals surface area contributed by atoms with Crippen molar-refractivity contribution in [3.8, 4) is 0 Å². The van der Waals surface area contributed by atoms with Crippen LogP contribution < -0.4 is 5.32 Å². The summed E-state index contributed by atoms with van der Waals surface area (Å²) in [6.45, 7) is 5.87. The van der Waals surface area contributed by atoms with Crippen molar-refractivity contribution in [1.29, 1.82) is 0 Å². The fourth-order valence-corrected chi connectivity index (χ4v) is 1.87. The maximum atomic E-state index is 11.9. The fraction of sp³-hybridized carbons (Fsp3) is 0.364. The van der Waals surface area contributed by atoms with Crippen molar-refractivity contribution in [1.82, 2.24) is 5.32 Å². The van der Waals surface area contributed by atoms with E-state index in [-0.39, 0.29) is 11.4 Å². The second kappa shape index (κ2) is 4.66. The van der Waals surface area contributed by atoms with Gasteiger partial charge in [0, 0.05) is 14.5 Å². The molecule has 0 radical (unpaired) electrons. The third-order valence-corrected chi connectivity index (χ3v) is 2.85. The summed E-state index contributed by atoms with van der Waals surface area (Å²) in [5, 5.41) is 2.91. The zero-order valence-corrected chi connectivity index (χ0v) is 12.1. The van der Waals surface area contributed by atoms with E-state index in [0.717, 1.165) is 8.95 Å². The van der Waals surface area contributed by atoms with Crippen molar-refractivity contribution in [3.05, 3.63) is 32.7 Å². The molecule has 0 atom stereocenters. The molecule has 0 unspecified atom stereocenters. The van der Waals surface area contributed by atoms with E-state index in [9.17, 15) is 4.79 Å². The number of hydrogen-bond acceptors (Lipinski definition) is 1. The molecule has 1 rings (SSSR count). The van der Waals surface area contributed by atoms with E-state index in [0.29, 0.717) is 5.56 Å². The van der Waals surface area contributed by atoms with Crippen LogP contribution in [0.1, 0.15) is 31.1 Å². The van der Waals surface area contributed by atoms with Crippen LogP contribution in [0.2, 0.25) is 0 Å². The predicted molar refractivity (Wildman–Crippen MR) is 69.1 cm³/mol. The number of carbonyl (C=O) groups is 1. The quantitative estimate of drug-likeness (QED) is 0.832.